The van der Waals surface area contributed by atoms with Crippen molar-refractivity contribution in [3.8, 4) is 0 Å². The van der Waals surface area contributed by atoms with Crippen molar-refractivity contribution in [3.63, 3.8) is 0 Å². The van der Waals surface area contributed by atoms with Gasteiger partial charge in [0.05, 0.1) is 7.11 Å². The predicted molar refractivity (Wildman–Crippen MR) is 81.5 cm³/mol. The van der Waals surface area contributed by atoms with Gasteiger partial charge in [-0.15, -0.1) is 0 Å². The first kappa shape index (κ1) is 18.7. The molecule has 0 rings (SSSR count). The second-order valence-electron chi connectivity index (χ2n) is 5.76. The lowest BCUT2D eigenvalue weighted by atomic mass is 9.95. The van der Waals surface area contributed by atoms with Gasteiger partial charge in [0.15, 0.2) is 0 Å². The van der Waals surface area contributed by atoms with Crippen LogP contribution in [0.4, 0.5) is 0 Å². The lowest BCUT2D eigenvalue weighted by molar-refractivity contribution is -0.148. The molecular weight excluding hydrogens is 262 g/mol. The van der Waals surface area contributed by atoms with Gasteiger partial charge in [-0.1, -0.05) is 13.8 Å². The Morgan fingerprint density at radius 3 is 2.37 bits per heavy atom. The first-order valence-corrected chi connectivity index (χ1v) is 7.88. The lowest BCUT2D eigenvalue weighted by Gasteiger charge is -2.32. The van der Waals surface area contributed by atoms with E-state index in [1.165, 1.54) is 7.11 Å². The fourth-order valence-corrected chi connectivity index (χ4v) is 3.29. The van der Waals surface area contributed by atoms with Crippen molar-refractivity contribution in [3.05, 3.63) is 0 Å². The van der Waals surface area contributed by atoms with Gasteiger partial charge in [0.25, 0.3) is 0 Å². The van der Waals surface area contributed by atoms with E-state index in [1.54, 1.807) is 11.8 Å². The Balaban J connectivity index is 4.51. The van der Waals surface area contributed by atoms with Crippen molar-refractivity contribution in [2.45, 2.75) is 57.9 Å². The summed E-state index contributed by atoms with van der Waals surface area (Å²) in [6.07, 6.45) is 0.709. The molecule has 2 N–H and O–H groups in total. The van der Waals surface area contributed by atoms with Crippen molar-refractivity contribution in [1.82, 2.24) is 5.32 Å². The highest BCUT2D eigenvalue weighted by atomic mass is 32.2. The van der Waals surface area contributed by atoms with Crippen molar-refractivity contribution in [2.75, 3.05) is 19.5 Å². The van der Waals surface area contributed by atoms with Crippen LogP contribution in [0.15, 0.2) is 0 Å². The van der Waals surface area contributed by atoms with Crippen LogP contribution in [0.2, 0.25) is 0 Å². The monoisotopic (exact) mass is 291 g/mol. The summed E-state index contributed by atoms with van der Waals surface area (Å²) in [5.41, 5.74) is -0.655. The molecule has 0 saturated carbocycles. The van der Waals surface area contributed by atoms with Crippen LogP contribution >= 0.6 is 11.8 Å². The topological polar surface area (TPSA) is 58.6 Å². The number of esters is 1. The lowest BCUT2D eigenvalue weighted by Crippen LogP contribution is -2.54. The summed E-state index contributed by atoms with van der Waals surface area (Å²) >= 11 is 1.78. The molecule has 5 heteroatoms. The van der Waals surface area contributed by atoms with Crippen LogP contribution in [0.25, 0.3) is 0 Å². The molecule has 0 spiro atoms. The van der Waals surface area contributed by atoms with Gasteiger partial charge in [-0.25, -0.2) is 0 Å². The molecule has 19 heavy (non-hydrogen) atoms. The minimum Gasteiger partial charge on any atom is -0.468 e. The number of nitrogens with one attached hydrogen (secondary N) is 1. The smallest absolute Gasteiger partial charge is 0.325 e. The quantitative estimate of drug-likeness (QED) is 0.637. The third kappa shape index (κ3) is 7.18. The number of hydrogen-bond donors (Lipinski definition) is 2. The summed E-state index contributed by atoms with van der Waals surface area (Å²) in [6.45, 7) is 10.3. The molecule has 0 radical (unpaired) electrons. The van der Waals surface area contributed by atoms with Crippen LogP contribution in [0, 0.1) is 5.92 Å². The molecule has 0 fully saturated rings. The van der Waals surface area contributed by atoms with Crippen molar-refractivity contribution < 1.29 is 14.6 Å². The summed E-state index contributed by atoms with van der Waals surface area (Å²) in [4.78, 5) is 12.0. The number of carbonyl (C=O) groups is 1. The second kappa shape index (κ2) is 8.82. The van der Waals surface area contributed by atoms with Crippen LogP contribution in [0.1, 0.15) is 41.0 Å². The first-order valence-electron chi connectivity index (χ1n) is 6.83. The van der Waals surface area contributed by atoms with Gasteiger partial charge in [-0.05, 0) is 38.9 Å². The highest BCUT2D eigenvalue weighted by Crippen LogP contribution is 2.25. The third-order valence-electron chi connectivity index (χ3n) is 2.92. The summed E-state index contributed by atoms with van der Waals surface area (Å²) in [5.74, 6) is 0.968. The molecule has 0 amide bonds. The molecular formula is C14H29NO3S. The zero-order chi connectivity index (χ0) is 15.1. The molecule has 0 saturated heterocycles. The molecule has 0 heterocycles. The Morgan fingerprint density at radius 2 is 1.95 bits per heavy atom. The Bertz CT molecular complexity index is 273. The zero-order valence-corrected chi connectivity index (χ0v) is 13.8. The molecule has 0 aliphatic rings. The predicted octanol–water partition coefficient (Wildman–Crippen LogP) is 2.06. The maximum Gasteiger partial charge on any atom is 0.325 e. The average Bonchev–Trinajstić information content (AvgIpc) is 2.33. The van der Waals surface area contributed by atoms with Gasteiger partial charge < -0.3 is 9.84 Å². The van der Waals surface area contributed by atoms with E-state index < -0.39 is 5.54 Å². The molecule has 0 aromatic heterocycles. The van der Waals surface area contributed by atoms with Crippen molar-refractivity contribution in [2.24, 2.45) is 5.92 Å². The summed E-state index contributed by atoms with van der Waals surface area (Å²) in [7, 11) is 1.42. The summed E-state index contributed by atoms with van der Waals surface area (Å²) < 4.78 is 4.91. The van der Waals surface area contributed by atoms with Gasteiger partial charge in [-0.3, -0.25) is 10.1 Å². The Morgan fingerprint density at radius 1 is 1.37 bits per heavy atom. The summed E-state index contributed by atoms with van der Waals surface area (Å²) in [6, 6.07) is 0.220. The van der Waals surface area contributed by atoms with Crippen LogP contribution in [-0.2, 0) is 9.53 Å². The van der Waals surface area contributed by atoms with Gasteiger partial charge in [-0.2, -0.15) is 11.8 Å². The van der Waals surface area contributed by atoms with E-state index in [-0.39, 0.29) is 24.5 Å². The SMILES string of the molecule is COC(=O)C(C)(CC(C)SCC(C)CO)NC(C)C. The minimum absolute atomic E-state index is 0.207. The Labute approximate surface area is 121 Å². The number of aliphatic hydroxyl groups is 1. The van der Waals surface area contributed by atoms with E-state index in [0.29, 0.717) is 11.7 Å². The van der Waals surface area contributed by atoms with Crippen molar-refractivity contribution >= 4 is 17.7 Å². The molecule has 0 aliphatic carbocycles. The highest BCUT2D eigenvalue weighted by molar-refractivity contribution is 7.99. The maximum absolute atomic E-state index is 12.0. The molecule has 3 atom stereocenters. The molecule has 0 aromatic rings. The second-order valence-corrected chi connectivity index (χ2v) is 7.23. The zero-order valence-electron chi connectivity index (χ0n) is 13.0. The molecule has 0 bridgehead atoms. The molecule has 114 valence electrons. The molecule has 4 nitrogen and oxygen atoms in total. The standard InChI is InChI=1S/C14H29NO3S/c1-10(2)15-14(5,13(17)18-6)7-12(4)19-9-11(3)8-16/h10-12,15-16H,7-9H2,1-6H3. The van der Waals surface area contributed by atoms with Crippen LogP contribution < -0.4 is 5.32 Å². The molecule has 3 unspecified atom stereocenters. The molecule has 0 aliphatic heterocycles. The number of ether oxygens (including phenoxy) is 1. The van der Waals surface area contributed by atoms with Crippen LogP contribution in [0.5, 0.6) is 0 Å². The minimum atomic E-state index is -0.655. The fourth-order valence-electron chi connectivity index (χ4n) is 2.08. The van der Waals surface area contributed by atoms with Gasteiger partial charge >= 0.3 is 5.97 Å². The maximum atomic E-state index is 12.0. The third-order valence-corrected chi connectivity index (χ3v) is 4.41. The van der Waals surface area contributed by atoms with E-state index in [4.69, 9.17) is 9.84 Å². The summed E-state index contributed by atoms with van der Waals surface area (Å²) in [5, 5.41) is 12.7. The Hall–Kier alpha value is -0.260. The number of aliphatic hydroxyl groups excluding tert-OH is 1. The van der Waals surface area contributed by atoms with Crippen LogP contribution in [-0.4, -0.2) is 47.4 Å². The van der Waals surface area contributed by atoms with Gasteiger partial charge in [0.2, 0.25) is 0 Å². The highest BCUT2D eigenvalue weighted by Gasteiger charge is 2.36. The molecule has 0 aromatic carbocycles. The number of carbonyl (C=O) groups excluding carboxylic acids is 1. The van der Waals surface area contributed by atoms with E-state index in [1.807, 2.05) is 27.7 Å². The van der Waals surface area contributed by atoms with Gasteiger partial charge in [0.1, 0.15) is 5.54 Å². The number of thioether (sulfide) groups is 1. The fraction of sp³-hybridized carbons (Fsp3) is 0.929. The van der Waals surface area contributed by atoms with E-state index in [2.05, 4.69) is 12.2 Å². The van der Waals surface area contributed by atoms with Crippen LogP contribution in [0.3, 0.4) is 0 Å². The van der Waals surface area contributed by atoms with E-state index >= 15 is 0 Å². The first-order chi connectivity index (χ1) is 8.75. The van der Waals surface area contributed by atoms with E-state index in [9.17, 15) is 4.79 Å². The van der Waals surface area contributed by atoms with E-state index in [0.717, 1.165) is 5.75 Å². The Kier molecular flexibility index (Phi) is 8.70. The number of hydrogen-bond acceptors (Lipinski definition) is 5. The average molecular weight is 291 g/mol. The van der Waals surface area contributed by atoms with Crippen molar-refractivity contribution in [1.29, 1.82) is 0 Å². The largest absolute Gasteiger partial charge is 0.468 e. The number of rotatable bonds is 9. The van der Waals surface area contributed by atoms with Gasteiger partial charge in [0, 0.05) is 17.9 Å². The normalized spacial score (nSPS) is 17.9. The number of methoxy groups -OCH3 is 1.